The van der Waals surface area contributed by atoms with Gasteiger partial charge in [0.1, 0.15) is 36.6 Å². The minimum Gasteiger partial charge on any atom is -0.479 e. The van der Waals surface area contributed by atoms with Crippen molar-refractivity contribution in [2.75, 3.05) is 6.61 Å². The largest absolute Gasteiger partial charge is 0.479 e. The van der Waals surface area contributed by atoms with E-state index in [1.807, 2.05) is 0 Å². The zero-order valence-corrected chi connectivity index (χ0v) is 12.4. The topological polar surface area (TPSA) is 224 Å². The fraction of sp³-hybridized carbons (Fsp3) is 0.833. The van der Waals surface area contributed by atoms with Crippen molar-refractivity contribution in [2.45, 2.75) is 54.8 Å². The molecular formula is C12H18O13. The van der Waals surface area contributed by atoms with E-state index in [4.69, 9.17) is 24.4 Å². The number of ether oxygens (including phenoxy) is 3. The van der Waals surface area contributed by atoms with Gasteiger partial charge in [-0.05, 0) is 0 Å². The summed E-state index contributed by atoms with van der Waals surface area (Å²) in [5, 5.41) is 76.0. The van der Waals surface area contributed by atoms with Gasteiger partial charge in [-0.15, -0.1) is 0 Å². The molecule has 9 atom stereocenters. The van der Waals surface area contributed by atoms with Gasteiger partial charge in [0.15, 0.2) is 12.4 Å². The molecule has 8 N–H and O–H groups in total. The number of aliphatic carboxylic acids is 2. The third-order valence-electron chi connectivity index (χ3n) is 4.00. The number of hydrogen-bond donors (Lipinski definition) is 8. The Morgan fingerprint density at radius 1 is 0.960 bits per heavy atom. The van der Waals surface area contributed by atoms with Crippen LogP contribution < -0.4 is 0 Å². The molecule has 0 aromatic heterocycles. The van der Waals surface area contributed by atoms with Crippen LogP contribution in [0.5, 0.6) is 0 Å². The highest BCUT2D eigenvalue weighted by Crippen LogP contribution is 2.36. The van der Waals surface area contributed by atoms with Crippen molar-refractivity contribution in [1.29, 1.82) is 0 Å². The van der Waals surface area contributed by atoms with Crippen molar-refractivity contribution < 1.29 is 64.7 Å². The highest BCUT2D eigenvalue weighted by Gasteiger charge is 2.63. The van der Waals surface area contributed by atoms with E-state index < -0.39 is 73.4 Å². The monoisotopic (exact) mass is 370 g/mol. The number of aliphatic hydroxyl groups excluding tert-OH is 6. The second-order valence-corrected chi connectivity index (χ2v) is 5.60. The summed E-state index contributed by atoms with van der Waals surface area (Å²) >= 11 is 0. The molecule has 0 spiro atoms. The quantitative estimate of drug-likeness (QED) is 0.227. The molecule has 9 unspecified atom stereocenters. The van der Waals surface area contributed by atoms with Crippen LogP contribution in [-0.4, -0.2) is 114 Å². The van der Waals surface area contributed by atoms with Gasteiger partial charge in [0.2, 0.25) is 0 Å². The van der Waals surface area contributed by atoms with Crippen molar-refractivity contribution in [3.05, 3.63) is 0 Å². The average Bonchev–Trinajstić information content (AvgIpc) is 2.80. The first-order valence-electron chi connectivity index (χ1n) is 7.05. The van der Waals surface area contributed by atoms with E-state index in [1.165, 1.54) is 0 Å². The van der Waals surface area contributed by atoms with Gasteiger partial charge < -0.3 is 55.1 Å². The summed E-state index contributed by atoms with van der Waals surface area (Å²) in [6.07, 6.45) is -16.2. The van der Waals surface area contributed by atoms with E-state index in [9.17, 15) is 40.2 Å². The van der Waals surface area contributed by atoms with Gasteiger partial charge in [0, 0.05) is 0 Å². The van der Waals surface area contributed by atoms with Crippen LogP contribution in [0.4, 0.5) is 0 Å². The maximum atomic E-state index is 11.5. The Bertz CT molecular complexity index is 525. The zero-order valence-electron chi connectivity index (χ0n) is 12.4. The Hall–Kier alpha value is -1.42. The van der Waals surface area contributed by atoms with Gasteiger partial charge in [-0.2, -0.15) is 0 Å². The van der Waals surface area contributed by atoms with Crippen molar-refractivity contribution in [1.82, 2.24) is 0 Å². The molecule has 13 heteroatoms. The number of carboxylic acids is 2. The molecule has 144 valence electrons. The highest BCUT2D eigenvalue weighted by molar-refractivity contribution is 5.77. The normalized spacial score (nSPS) is 47.6. The molecule has 0 radical (unpaired) electrons. The van der Waals surface area contributed by atoms with Crippen LogP contribution >= 0.6 is 0 Å². The molecule has 2 heterocycles. The lowest BCUT2D eigenvalue weighted by atomic mass is 9.98. The molecule has 0 aromatic carbocycles. The fourth-order valence-corrected chi connectivity index (χ4v) is 2.58. The van der Waals surface area contributed by atoms with Crippen molar-refractivity contribution in [3.63, 3.8) is 0 Å². The SMILES string of the molecule is O=C(O)C1OC(OC2(C(=O)O)OC(CO)C(O)C2O)C(O)C(O)C1O. The lowest BCUT2D eigenvalue weighted by Crippen LogP contribution is -2.64. The van der Waals surface area contributed by atoms with Gasteiger partial charge in [0.25, 0.3) is 0 Å². The van der Waals surface area contributed by atoms with E-state index in [1.54, 1.807) is 0 Å². The van der Waals surface area contributed by atoms with Crippen molar-refractivity contribution in [2.24, 2.45) is 0 Å². The first kappa shape index (κ1) is 19.9. The Morgan fingerprint density at radius 3 is 2.00 bits per heavy atom. The molecule has 0 amide bonds. The second kappa shape index (κ2) is 7.06. The first-order valence-corrected chi connectivity index (χ1v) is 7.05. The molecule has 25 heavy (non-hydrogen) atoms. The maximum Gasteiger partial charge on any atom is 0.367 e. The van der Waals surface area contributed by atoms with E-state index in [-0.39, 0.29) is 0 Å². The number of rotatable bonds is 5. The van der Waals surface area contributed by atoms with Gasteiger partial charge >= 0.3 is 17.7 Å². The van der Waals surface area contributed by atoms with Crippen molar-refractivity contribution >= 4 is 11.9 Å². The summed E-state index contributed by atoms with van der Waals surface area (Å²) in [4.78, 5) is 22.5. The molecule has 13 nitrogen and oxygen atoms in total. The summed E-state index contributed by atoms with van der Waals surface area (Å²) in [6.45, 7) is -0.885. The van der Waals surface area contributed by atoms with Gasteiger partial charge in [0.05, 0.1) is 6.61 Å². The smallest absolute Gasteiger partial charge is 0.367 e. The Balaban J connectivity index is 2.30. The molecule has 0 aliphatic carbocycles. The molecule has 2 fully saturated rings. The minimum absolute atomic E-state index is 0.885. The molecular weight excluding hydrogens is 352 g/mol. The Morgan fingerprint density at radius 2 is 1.56 bits per heavy atom. The molecule has 2 rings (SSSR count). The molecule has 2 aliphatic rings. The van der Waals surface area contributed by atoms with Gasteiger partial charge in [-0.3, -0.25) is 0 Å². The van der Waals surface area contributed by atoms with Crippen LogP contribution in [0.1, 0.15) is 0 Å². The maximum absolute atomic E-state index is 11.5. The summed E-state index contributed by atoms with van der Waals surface area (Å²) in [5.41, 5.74) is 0. The second-order valence-electron chi connectivity index (χ2n) is 5.60. The van der Waals surface area contributed by atoms with Crippen LogP contribution in [0.25, 0.3) is 0 Å². The fourth-order valence-electron chi connectivity index (χ4n) is 2.58. The number of carbonyl (C=O) groups is 2. The molecule has 0 saturated carbocycles. The summed E-state index contributed by atoms with van der Waals surface area (Å²) in [7, 11) is 0. The summed E-state index contributed by atoms with van der Waals surface area (Å²) in [6, 6.07) is 0. The van der Waals surface area contributed by atoms with E-state index in [0.29, 0.717) is 0 Å². The average molecular weight is 370 g/mol. The van der Waals surface area contributed by atoms with E-state index >= 15 is 0 Å². The van der Waals surface area contributed by atoms with Crippen LogP contribution in [0.15, 0.2) is 0 Å². The molecule has 2 aliphatic heterocycles. The lowest BCUT2D eigenvalue weighted by Gasteiger charge is -2.41. The number of aliphatic hydroxyl groups is 6. The van der Waals surface area contributed by atoms with Crippen LogP contribution in [0, 0.1) is 0 Å². The van der Waals surface area contributed by atoms with Crippen molar-refractivity contribution in [3.8, 4) is 0 Å². The molecule has 2 saturated heterocycles. The van der Waals surface area contributed by atoms with Crippen LogP contribution in [0.3, 0.4) is 0 Å². The lowest BCUT2D eigenvalue weighted by molar-refractivity contribution is -0.364. The van der Waals surface area contributed by atoms with E-state index in [2.05, 4.69) is 0 Å². The van der Waals surface area contributed by atoms with Gasteiger partial charge in [-0.25, -0.2) is 9.59 Å². The van der Waals surface area contributed by atoms with E-state index in [0.717, 1.165) is 0 Å². The predicted octanol–water partition coefficient (Wildman–Crippen LogP) is -5.21. The first-order chi connectivity index (χ1) is 11.6. The standard InChI is InChI=1S/C12H18O13/c13-1-2-3(14)8(18)12(24-2,11(21)22)25-10-6(17)4(15)5(16)7(23-10)9(19)20/h2-8,10,13-18H,1H2,(H,19,20)(H,21,22). The highest BCUT2D eigenvalue weighted by atomic mass is 16.8. The summed E-state index contributed by atoms with van der Waals surface area (Å²) < 4.78 is 14.5. The Kier molecular flexibility index (Phi) is 5.62. The zero-order chi connectivity index (χ0) is 19.1. The third-order valence-corrected chi connectivity index (χ3v) is 4.00. The third kappa shape index (κ3) is 3.21. The molecule has 0 aromatic rings. The number of carboxylic acid groups (broad SMARTS) is 2. The summed E-state index contributed by atoms with van der Waals surface area (Å²) in [5.74, 6) is -6.74. The number of hydrogen-bond acceptors (Lipinski definition) is 11. The Labute approximate surface area is 139 Å². The minimum atomic E-state index is -3.02. The predicted molar refractivity (Wildman–Crippen MR) is 69.7 cm³/mol. The molecule has 0 bridgehead atoms. The van der Waals surface area contributed by atoms with Gasteiger partial charge in [-0.1, -0.05) is 0 Å². The van der Waals surface area contributed by atoms with Crippen LogP contribution in [-0.2, 0) is 23.8 Å². The van der Waals surface area contributed by atoms with Crippen LogP contribution in [0.2, 0.25) is 0 Å².